The predicted octanol–water partition coefficient (Wildman–Crippen LogP) is 0.483. The lowest BCUT2D eigenvalue weighted by Crippen LogP contribution is -2.54. The summed E-state index contributed by atoms with van der Waals surface area (Å²) in [6, 6.07) is 1.94. The Kier molecular flexibility index (Phi) is 5.98. The zero-order valence-electron chi connectivity index (χ0n) is 14.9. The van der Waals surface area contributed by atoms with Crippen molar-refractivity contribution in [1.29, 1.82) is 0 Å². The highest BCUT2D eigenvalue weighted by Crippen LogP contribution is 2.24. The number of hydrogen-bond acceptors (Lipinski definition) is 6. The van der Waals surface area contributed by atoms with Crippen molar-refractivity contribution in [1.82, 2.24) is 19.8 Å². The molecule has 3 heterocycles. The van der Waals surface area contributed by atoms with Crippen molar-refractivity contribution in [3.63, 3.8) is 0 Å². The topological polar surface area (TPSA) is 78.8 Å². The fourth-order valence-corrected chi connectivity index (χ4v) is 3.69. The van der Waals surface area contributed by atoms with Crippen LogP contribution in [0.5, 0.6) is 0 Å². The van der Waals surface area contributed by atoms with Crippen LogP contribution in [-0.4, -0.2) is 81.8 Å². The third-order valence-corrected chi connectivity index (χ3v) is 5.25. The largest absolute Gasteiger partial charge is 0.388 e. The van der Waals surface area contributed by atoms with E-state index in [1.165, 1.54) is 0 Å². The number of carbonyl (C=O) groups is 1. The van der Waals surface area contributed by atoms with Gasteiger partial charge in [-0.25, -0.2) is 9.97 Å². The molecule has 1 N–H and O–H groups in total. The fourth-order valence-electron chi connectivity index (χ4n) is 3.69. The zero-order valence-corrected chi connectivity index (χ0v) is 14.9. The normalized spacial score (nSPS) is 24.2. The summed E-state index contributed by atoms with van der Waals surface area (Å²) in [4.78, 5) is 23.8. The number of aryl methyl sites for hydroxylation is 1. The van der Waals surface area contributed by atoms with E-state index in [0.717, 1.165) is 31.6 Å². The SMILES string of the molecule is CC(=O)N1CCC(O)(CN2CCOC(CCc3ccncn3)C2)CC1. The van der Waals surface area contributed by atoms with Gasteiger partial charge in [-0.1, -0.05) is 0 Å². The Balaban J connectivity index is 1.46. The van der Waals surface area contributed by atoms with Crippen LogP contribution in [0.4, 0.5) is 0 Å². The second-order valence-corrected chi connectivity index (χ2v) is 7.20. The summed E-state index contributed by atoms with van der Waals surface area (Å²) in [5.74, 6) is 0.0956. The molecule has 1 atom stereocenters. The number of morpholine rings is 1. The van der Waals surface area contributed by atoms with Crippen LogP contribution in [0.3, 0.4) is 0 Å². The van der Waals surface area contributed by atoms with E-state index in [2.05, 4.69) is 14.9 Å². The molecule has 2 fully saturated rings. The molecule has 7 nitrogen and oxygen atoms in total. The monoisotopic (exact) mass is 348 g/mol. The first-order valence-electron chi connectivity index (χ1n) is 9.11. The maximum atomic E-state index is 11.4. The second-order valence-electron chi connectivity index (χ2n) is 7.20. The van der Waals surface area contributed by atoms with Gasteiger partial charge in [0.1, 0.15) is 6.33 Å². The van der Waals surface area contributed by atoms with E-state index in [9.17, 15) is 9.90 Å². The van der Waals surface area contributed by atoms with E-state index in [1.54, 1.807) is 19.4 Å². The highest BCUT2D eigenvalue weighted by atomic mass is 16.5. The molecule has 1 aromatic rings. The maximum Gasteiger partial charge on any atom is 0.219 e. The Morgan fingerprint density at radius 3 is 2.88 bits per heavy atom. The van der Waals surface area contributed by atoms with E-state index < -0.39 is 5.60 Å². The summed E-state index contributed by atoms with van der Waals surface area (Å²) in [5, 5.41) is 10.9. The number of ether oxygens (including phenoxy) is 1. The van der Waals surface area contributed by atoms with Gasteiger partial charge in [0.25, 0.3) is 0 Å². The standard InChI is InChI=1S/C18H28N4O3/c1-15(23)22-8-5-18(24,6-9-22)13-21-10-11-25-17(12-21)3-2-16-4-7-19-14-20-16/h4,7,14,17,24H,2-3,5-6,8-13H2,1H3. The van der Waals surface area contributed by atoms with Gasteiger partial charge in [-0.2, -0.15) is 0 Å². The second kappa shape index (κ2) is 8.21. The Morgan fingerprint density at radius 1 is 1.40 bits per heavy atom. The minimum atomic E-state index is -0.694. The summed E-state index contributed by atoms with van der Waals surface area (Å²) in [5.41, 5.74) is 0.339. The van der Waals surface area contributed by atoms with Crippen LogP contribution in [-0.2, 0) is 16.0 Å². The fraction of sp³-hybridized carbons (Fsp3) is 0.722. The van der Waals surface area contributed by atoms with Gasteiger partial charge < -0.3 is 14.7 Å². The minimum Gasteiger partial charge on any atom is -0.388 e. The van der Waals surface area contributed by atoms with Crippen LogP contribution in [0.15, 0.2) is 18.6 Å². The molecule has 2 aliphatic rings. The third-order valence-electron chi connectivity index (χ3n) is 5.25. The molecule has 1 aromatic heterocycles. The van der Waals surface area contributed by atoms with Crippen molar-refractivity contribution >= 4 is 5.91 Å². The number of nitrogens with zero attached hydrogens (tertiary/aromatic N) is 4. The van der Waals surface area contributed by atoms with Gasteiger partial charge in [-0.3, -0.25) is 9.69 Å². The molecule has 0 bridgehead atoms. The lowest BCUT2D eigenvalue weighted by atomic mass is 9.90. The number of rotatable bonds is 5. The average Bonchev–Trinajstić information content (AvgIpc) is 2.61. The number of carbonyl (C=O) groups excluding carboxylic acids is 1. The Morgan fingerprint density at radius 2 is 2.20 bits per heavy atom. The van der Waals surface area contributed by atoms with Gasteiger partial charge in [0, 0.05) is 51.5 Å². The van der Waals surface area contributed by atoms with Gasteiger partial charge >= 0.3 is 0 Å². The maximum absolute atomic E-state index is 11.4. The van der Waals surface area contributed by atoms with Crippen molar-refractivity contribution in [2.45, 2.75) is 44.3 Å². The van der Waals surface area contributed by atoms with E-state index >= 15 is 0 Å². The number of amides is 1. The highest BCUT2D eigenvalue weighted by molar-refractivity contribution is 5.73. The summed E-state index contributed by atoms with van der Waals surface area (Å²) >= 11 is 0. The van der Waals surface area contributed by atoms with Crippen molar-refractivity contribution in [3.05, 3.63) is 24.3 Å². The smallest absolute Gasteiger partial charge is 0.219 e. The number of hydrogen-bond donors (Lipinski definition) is 1. The predicted molar refractivity (Wildman–Crippen MR) is 93.0 cm³/mol. The van der Waals surface area contributed by atoms with Crippen LogP contribution >= 0.6 is 0 Å². The van der Waals surface area contributed by atoms with Crippen LogP contribution in [0.25, 0.3) is 0 Å². The first-order valence-corrected chi connectivity index (χ1v) is 9.11. The van der Waals surface area contributed by atoms with Crippen LogP contribution < -0.4 is 0 Å². The average molecular weight is 348 g/mol. The van der Waals surface area contributed by atoms with Crippen molar-refractivity contribution in [2.24, 2.45) is 0 Å². The van der Waals surface area contributed by atoms with Gasteiger partial charge in [-0.05, 0) is 31.7 Å². The zero-order chi connectivity index (χ0) is 17.7. The van der Waals surface area contributed by atoms with Gasteiger partial charge in [0.15, 0.2) is 0 Å². The molecule has 0 spiro atoms. The molecule has 138 valence electrons. The van der Waals surface area contributed by atoms with Crippen molar-refractivity contribution < 1.29 is 14.6 Å². The molecule has 0 aromatic carbocycles. The molecular weight excluding hydrogens is 320 g/mol. The number of aromatic nitrogens is 2. The van der Waals surface area contributed by atoms with E-state index in [1.807, 2.05) is 11.0 Å². The van der Waals surface area contributed by atoms with Gasteiger partial charge in [0.05, 0.1) is 18.3 Å². The van der Waals surface area contributed by atoms with E-state index in [0.29, 0.717) is 39.1 Å². The Hall–Kier alpha value is -1.57. The molecule has 25 heavy (non-hydrogen) atoms. The first-order chi connectivity index (χ1) is 12.0. The first kappa shape index (κ1) is 18.2. The molecule has 0 radical (unpaired) electrons. The van der Waals surface area contributed by atoms with E-state index in [4.69, 9.17) is 4.74 Å². The highest BCUT2D eigenvalue weighted by Gasteiger charge is 2.36. The molecule has 0 aliphatic carbocycles. The molecule has 1 amide bonds. The van der Waals surface area contributed by atoms with Crippen LogP contribution in [0.2, 0.25) is 0 Å². The molecule has 2 saturated heterocycles. The number of aliphatic hydroxyl groups is 1. The van der Waals surface area contributed by atoms with Gasteiger partial charge in [0.2, 0.25) is 5.91 Å². The molecule has 0 saturated carbocycles. The number of β-amino-alcohol motifs (C(OH)–C–C–N with tert-alkyl or cyclic N) is 1. The van der Waals surface area contributed by atoms with E-state index in [-0.39, 0.29) is 12.0 Å². The summed E-state index contributed by atoms with van der Waals surface area (Å²) in [7, 11) is 0. The number of likely N-dealkylation sites (tertiary alicyclic amines) is 1. The molecule has 2 aliphatic heterocycles. The molecular formula is C18H28N4O3. The van der Waals surface area contributed by atoms with Crippen molar-refractivity contribution in [3.8, 4) is 0 Å². The molecule has 1 unspecified atom stereocenters. The van der Waals surface area contributed by atoms with Crippen molar-refractivity contribution in [2.75, 3.05) is 39.3 Å². The van der Waals surface area contributed by atoms with Crippen LogP contribution in [0, 0.1) is 0 Å². The third kappa shape index (κ3) is 5.20. The number of piperidine rings is 1. The lowest BCUT2D eigenvalue weighted by Gasteiger charge is -2.42. The summed E-state index contributed by atoms with van der Waals surface area (Å²) in [6.45, 7) is 5.93. The molecule has 7 heteroatoms. The quantitative estimate of drug-likeness (QED) is 0.834. The lowest BCUT2D eigenvalue weighted by molar-refractivity contribution is -0.134. The summed E-state index contributed by atoms with van der Waals surface area (Å²) in [6.07, 6.45) is 6.60. The summed E-state index contributed by atoms with van der Waals surface area (Å²) < 4.78 is 5.88. The van der Waals surface area contributed by atoms with Crippen LogP contribution in [0.1, 0.15) is 31.9 Å². The minimum absolute atomic E-state index is 0.0956. The Labute approximate surface area is 149 Å². The molecule has 3 rings (SSSR count). The Bertz CT molecular complexity index is 561. The van der Waals surface area contributed by atoms with Gasteiger partial charge in [-0.15, -0.1) is 0 Å².